The van der Waals surface area contributed by atoms with Crippen LogP contribution >= 0.6 is 0 Å². The summed E-state index contributed by atoms with van der Waals surface area (Å²) in [6.07, 6.45) is 3.38. The second-order valence-electron chi connectivity index (χ2n) is 5.83. The van der Waals surface area contributed by atoms with Crippen molar-refractivity contribution in [1.82, 2.24) is 9.78 Å². The van der Waals surface area contributed by atoms with E-state index in [-0.39, 0.29) is 5.91 Å². The molecule has 0 spiro atoms. The summed E-state index contributed by atoms with van der Waals surface area (Å²) in [6.45, 7) is 0.569. The molecule has 0 saturated carbocycles. The highest BCUT2D eigenvalue weighted by Crippen LogP contribution is 2.23. The van der Waals surface area contributed by atoms with Crippen LogP contribution in [0.5, 0.6) is 17.2 Å². The van der Waals surface area contributed by atoms with Crippen molar-refractivity contribution < 1.29 is 19.0 Å². The zero-order chi connectivity index (χ0) is 19.2. The van der Waals surface area contributed by atoms with Gasteiger partial charge in [-0.05, 0) is 29.8 Å². The third-order valence-corrected chi connectivity index (χ3v) is 3.98. The Morgan fingerprint density at radius 2 is 1.70 bits per heavy atom. The van der Waals surface area contributed by atoms with Crippen LogP contribution in [0.4, 0.5) is 5.69 Å². The molecule has 0 saturated heterocycles. The molecule has 27 heavy (non-hydrogen) atoms. The number of ether oxygens (including phenoxy) is 3. The van der Waals surface area contributed by atoms with E-state index < -0.39 is 0 Å². The molecule has 0 aliphatic heterocycles. The molecule has 0 aliphatic carbocycles. The van der Waals surface area contributed by atoms with E-state index in [0.29, 0.717) is 29.3 Å². The first kappa shape index (κ1) is 18.3. The number of hydrogen-bond acceptors (Lipinski definition) is 5. The minimum atomic E-state index is -0.270. The monoisotopic (exact) mass is 367 g/mol. The van der Waals surface area contributed by atoms with Gasteiger partial charge in [0.15, 0.2) is 0 Å². The number of methoxy groups -OCH3 is 3. The molecule has 7 heteroatoms. The van der Waals surface area contributed by atoms with Gasteiger partial charge in [0.1, 0.15) is 17.2 Å². The maximum absolute atomic E-state index is 12.5. The smallest absolute Gasteiger partial charge is 0.256 e. The Morgan fingerprint density at radius 3 is 2.37 bits per heavy atom. The van der Waals surface area contributed by atoms with E-state index in [1.807, 2.05) is 24.3 Å². The average molecular weight is 367 g/mol. The van der Waals surface area contributed by atoms with Gasteiger partial charge in [0, 0.05) is 17.8 Å². The van der Waals surface area contributed by atoms with Gasteiger partial charge in [-0.1, -0.05) is 12.1 Å². The Labute approximate surface area is 157 Å². The van der Waals surface area contributed by atoms with Gasteiger partial charge in [0.25, 0.3) is 5.91 Å². The molecule has 3 aromatic rings. The number of anilines is 1. The molecule has 0 fully saturated rings. The van der Waals surface area contributed by atoms with Gasteiger partial charge in [-0.3, -0.25) is 9.48 Å². The van der Waals surface area contributed by atoms with Crippen LogP contribution in [0.1, 0.15) is 15.9 Å². The summed E-state index contributed by atoms with van der Waals surface area (Å²) in [4.78, 5) is 12.5. The van der Waals surface area contributed by atoms with Crippen LogP contribution in [0.3, 0.4) is 0 Å². The summed E-state index contributed by atoms with van der Waals surface area (Å²) in [5.74, 6) is 1.62. The minimum absolute atomic E-state index is 0.270. The molecule has 140 valence electrons. The Kier molecular flexibility index (Phi) is 5.61. The second-order valence-corrected chi connectivity index (χ2v) is 5.83. The fraction of sp³-hybridized carbons (Fsp3) is 0.200. The van der Waals surface area contributed by atoms with E-state index in [0.717, 1.165) is 11.3 Å². The normalized spacial score (nSPS) is 10.3. The highest BCUT2D eigenvalue weighted by molar-refractivity contribution is 6.04. The van der Waals surface area contributed by atoms with Crippen LogP contribution in [0.25, 0.3) is 0 Å². The molecule has 1 N–H and O–H groups in total. The van der Waals surface area contributed by atoms with E-state index >= 15 is 0 Å². The highest BCUT2D eigenvalue weighted by atomic mass is 16.5. The standard InChI is InChI=1S/C20H21N3O4/c1-25-17-6-4-5-14(7-17)12-23-13-16(11-21-23)22-20(24)15-8-18(26-2)10-19(9-15)27-3/h4-11,13H,12H2,1-3H3,(H,22,24). The molecule has 0 atom stereocenters. The fourth-order valence-corrected chi connectivity index (χ4v) is 2.61. The van der Waals surface area contributed by atoms with Crippen LogP contribution in [0.2, 0.25) is 0 Å². The van der Waals surface area contributed by atoms with Gasteiger partial charge in [-0.2, -0.15) is 5.10 Å². The predicted octanol–water partition coefficient (Wildman–Crippen LogP) is 3.21. The van der Waals surface area contributed by atoms with E-state index in [4.69, 9.17) is 14.2 Å². The fourth-order valence-electron chi connectivity index (χ4n) is 2.61. The SMILES string of the molecule is COc1cccc(Cn2cc(NC(=O)c3cc(OC)cc(OC)c3)cn2)c1. The maximum Gasteiger partial charge on any atom is 0.256 e. The van der Waals surface area contributed by atoms with Crippen molar-refractivity contribution in [1.29, 1.82) is 0 Å². The quantitative estimate of drug-likeness (QED) is 0.694. The number of aromatic nitrogens is 2. The van der Waals surface area contributed by atoms with E-state index in [1.165, 1.54) is 0 Å². The maximum atomic E-state index is 12.5. The molecule has 3 rings (SSSR count). The highest BCUT2D eigenvalue weighted by Gasteiger charge is 2.11. The van der Waals surface area contributed by atoms with Gasteiger partial charge in [0.2, 0.25) is 0 Å². The summed E-state index contributed by atoms with van der Waals surface area (Å²) in [7, 11) is 4.71. The number of amides is 1. The van der Waals surface area contributed by atoms with Gasteiger partial charge in [0.05, 0.1) is 39.8 Å². The summed E-state index contributed by atoms with van der Waals surface area (Å²) < 4.78 is 17.4. The first-order valence-corrected chi connectivity index (χ1v) is 8.31. The molecule has 0 bridgehead atoms. The molecular weight excluding hydrogens is 346 g/mol. The molecule has 1 heterocycles. The number of benzene rings is 2. The van der Waals surface area contributed by atoms with Crippen molar-refractivity contribution in [3.8, 4) is 17.2 Å². The van der Waals surface area contributed by atoms with E-state index in [2.05, 4.69) is 10.4 Å². The Balaban J connectivity index is 1.71. The molecule has 2 aromatic carbocycles. The molecular formula is C20H21N3O4. The number of rotatable bonds is 7. The van der Waals surface area contributed by atoms with Crippen molar-refractivity contribution in [2.24, 2.45) is 0 Å². The number of carbonyl (C=O) groups is 1. The molecule has 0 unspecified atom stereocenters. The summed E-state index contributed by atoms with van der Waals surface area (Å²) in [5, 5.41) is 7.12. The van der Waals surface area contributed by atoms with Crippen molar-refractivity contribution in [2.75, 3.05) is 26.6 Å². The predicted molar refractivity (Wildman–Crippen MR) is 102 cm³/mol. The first-order valence-electron chi connectivity index (χ1n) is 8.31. The first-order chi connectivity index (χ1) is 13.1. The third kappa shape index (κ3) is 4.58. The summed E-state index contributed by atoms with van der Waals surface area (Å²) in [6, 6.07) is 12.8. The lowest BCUT2D eigenvalue weighted by Crippen LogP contribution is -2.11. The van der Waals surface area contributed by atoms with Crippen LogP contribution < -0.4 is 19.5 Å². The zero-order valence-electron chi connectivity index (χ0n) is 15.4. The number of nitrogens with one attached hydrogen (secondary N) is 1. The Hall–Kier alpha value is -3.48. The molecule has 7 nitrogen and oxygen atoms in total. The van der Waals surface area contributed by atoms with Crippen LogP contribution in [-0.2, 0) is 6.54 Å². The summed E-state index contributed by atoms with van der Waals surface area (Å²) >= 11 is 0. The molecule has 1 aromatic heterocycles. The van der Waals surface area contributed by atoms with Crippen molar-refractivity contribution in [3.63, 3.8) is 0 Å². The van der Waals surface area contributed by atoms with Crippen molar-refractivity contribution in [3.05, 3.63) is 66.0 Å². The number of carbonyl (C=O) groups excluding carboxylic acids is 1. The lowest BCUT2D eigenvalue weighted by Gasteiger charge is -2.08. The van der Waals surface area contributed by atoms with Gasteiger partial charge >= 0.3 is 0 Å². The van der Waals surface area contributed by atoms with Crippen molar-refractivity contribution in [2.45, 2.75) is 6.54 Å². The van der Waals surface area contributed by atoms with Crippen LogP contribution in [0.15, 0.2) is 54.9 Å². The largest absolute Gasteiger partial charge is 0.497 e. The lowest BCUT2D eigenvalue weighted by atomic mass is 10.2. The Morgan fingerprint density at radius 1 is 1.00 bits per heavy atom. The van der Waals surface area contributed by atoms with Crippen LogP contribution in [0, 0.1) is 0 Å². The minimum Gasteiger partial charge on any atom is -0.497 e. The van der Waals surface area contributed by atoms with Gasteiger partial charge in [-0.25, -0.2) is 0 Å². The van der Waals surface area contributed by atoms with Crippen LogP contribution in [-0.4, -0.2) is 37.0 Å². The number of hydrogen-bond donors (Lipinski definition) is 1. The molecule has 0 radical (unpaired) electrons. The topological polar surface area (TPSA) is 74.6 Å². The second kappa shape index (κ2) is 8.27. The molecule has 0 aliphatic rings. The molecule has 1 amide bonds. The third-order valence-electron chi connectivity index (χ3n) is 3.98. The average Bonchev–Trinajstić information content (AvgIpc) is 3.14. The van der Waals surface area contributed by atoms with Gasteiger partial charge < -0.3 is 19.5 Å². The van der Waals surface area contributed by atoms with E-state index in [1.54, 1.807) is 56.6 Å². The van der Waals surface area contributed by atoms with E-state index in [9.17, 15) is 4.79 Å². The zero-order valence-corrected chi connectivity index (χ0v) is 15.4. The van der Waals surface area contributed by atoms with Gasteiger partial charge in [-0.15, -0.1) is 0 Å². The summed E-state index contributed by atoms with van der Waals surface area (Å²) in [5.41, 5.74) is 2.09. The lowest BCUT2D eigenvalue weighted by molar-refractivity contribution is 0.102. The van der Waals surface area contributed by atoms with Crippen molar-refractivity contribution >= 4 is 11.6 Å². The Bertz CT molecular complexity index is 914. The number of nitrogens with zero attached hydrogens (tertiary/aromatic N) is 2.